The summed E-state index contributed by atoms with van der Waals surface area (Å²) in [7, 11) is 0. The van der Waals surface area contributed by atoms with Crippen LogP contribution in [0.2, 0.25) is 0 Å². The molecule has 7 heteroatoms. The number of hydrogen-bond donors (Lipinski definition) is 4. The molecule has 5 nitrogen and oxygen atoms in total. The summed E-state index contributed by atoms with van der Waals surface area (Å²) >= 11 is 0. The predicted molar refractivity (Wildman–Crippen MR) is 55.5 cm³/mol. The van der Waals surface area contributed by atoms with Crippen LogP contribution in [0, 0.1) is 11.6 Å². The minimum atomic E-state index is -1.75. The quantitative estimate of drug-likeness (QED) is 0.552. The predicted octanol–water partition coefficient (Wildman–Crippen LogP) is -0.183. The Hall–Kier alpha value is -1.73. The second-order valence-electron chi connectivity index (χ2n) is 3.55. The Morgan fingerprint density at radius 3 is 2.41 bits per heavy atom. The van der Waals surface area contributed by atoms with Crippen LogP contribution < -0.4 is 11.5 Å². The summed E-state index contributed by atoms with van der Waals surface area (Å²) < 4.78 is 26.5. The van der Waals surface area contributed by atoms with Gasteiger partial charge in [-0.15, -0.1) is 0 Å². The van der Waals surface area contributed by atoms with Crippen molar-refractivity contribution in [2.24, 2.45) is 5.73 Å². The molecule has 6 N–H and O–H groups in total. The number of nitrogen functional groups attached to an aromatic ring is 1. The van der Waals surface area contributed by atoms with Crippen LogP contribution in [0.5, 0.6) is 0 Å². The minimum absolute atomic E-state index is 0.414. The molecule has 17 heavy (non-hydrogen) atoms. The summed E-state index contributed by atoms with van der Waals surface area (Å²) in [5.41, 5.74) is 9.02. The molecule has 0 aliphatic carbocycles. The second kappa shape index (κ2) is 5.07. The molecular formula is C10H12F2N2O3. The number of rotatable bonds is 4. The molecule has 0 saturated carbocycles. The third kappa shape index (κ3) is 2.89. The first-order valence-corrected chi connectivity index (χ1v) is 4.72. The number of hydrogen-bond acceptors (Lipinski definition) is 4. The van der Waals surface area contributed by atoms with Crippen molar-refractivity contribution < 1.29 is 23.8 Å². The highest BCUT2D eigenvalue weighted by atomic mass is 19.2. The molecule has 1 rings (SSSR count). The summed E-state index contributed by atoms with van der Waals surface area (Å²) in [6.45, 7) is 0. The Morgan fingerprint density at radius 1 is 1.29 bits per heavy atom. The molecule has 1 amide bonds. The van der Waals surface area contributed by atoms with Crippen molar-refractivity contribution >= 4 is 11.6 Å². The molecule has 0 aliphatic heterocycles. The monoisotopic (exact) mass is 246 g/mol. The van der Waals surface area contributed by atoms with Crippen LogP contribution in [0.15, 0.2) is 12.1 Å². The van der Waals surface area contributed by atoms with Gasteiger partial charge in [0.05, 0.1) is 18.2 Å². The zero-order valence-corrected chi connectivity index (χ0v) is 8.73. The SMILES string of the molecule is NC(=O)CC(O)C(O)c1ccc(N)c(F)c1F. The van der Waals surface area contributed by atoms with Crippen molar-refractivity contribution in [1.82, 2.24) is 0 Å². The van der Waals surface area contributed by atoms with Gasteiger partial charge in [0.25, 0.3) is 0 Å². The summed E-state index contributed by atoms with van der Waals surface area (Å²) in [6.07, 6.45) is -3.92. The molecule has 1 aromatic rings. The number of aliphatic hydroxyl groups is 2. The number of anilines is 1. The van der Waals surface area contributed by atoms with E-state index < -0.39 is 47.4 Å². The molecule has 94 valence electrons. The van der Waals surface area contributed by atoms with Crippen LogP contribution in [0.25, 0.3) is 0 Å². The fraction of sp³-hybridized carbons (Fsp3) is 0.300. The van der Waals surface area contributed by atoms with E-state index in [0.717, 1.165) is 12.1 Å². The number of aliphatic hydroxyl groups excluding tert-OH is 2. The Morgan fingerprint density at radius 2 is 1.88 bits per heavy atom. The van der Waals surface area contributed by atoms with E-state index in [-0.39, 0.29) is 0 Å². The first-order valence-electron chi connectivity index (χ1n) is 4.72. The number of nitrogens with two attached hydrogens (primary N) is 2. The van der Waals surface area contributed by atoms with Crippen molar-refractivity contribution in [2.75, 3.05) is 5.73 Å². The van der Waals surface area contributed by atoms with Crippen LogP contribution >= 0.6 is 0 Å². The molecular weight excluding hydrogens is 234 g/mol. The molecule has 0 spiro atoms. The number of amides is 1. The Bertz CT molecular complexity index is 440. The molecule has 2 atom stereocenters. The lowest BCUT2D eigenvalue weighted by molar-refractivity contribution is -0.121. The highest BCUT2D eigenvalue weighted by Gasteiger charge is 2.25. The highest BCUT2D eigenvalue weighted by molar-refractivity contribution is 5.74. The van der Waals surface area contributed by atoms with Crippen molar-refractivity contribution in [3.05, 3.63) is 29.3 Å². The lowest BCUT2D eigenvalue weighted by Gasteiger charge is -2.17. The zero-order chi connectivity index (χ0) is 13.2. The van der Waals surface area contributed by atoms with E-state index in [4.69, 9.17) is 11.5 Å². The van der Waals surface area contributed by atoms with Gasteiger partial charge in [-0.1, -0.05) is 6.07 Å². The maximum absolute atomic E-state index is 13.4. The van der Waals surface area contributed by atoms with E-state index in [1.807, 2.05) is 0 Å². The first kappa shape index (κ1) is 13.3. The van der Waals surface area contributed by atoms with Gasteiger partial charge in [-0.3, -0.25) is 4.79 Å². The molecule has 0 saturated heterocycles. The molecule has 0 heterocycles. The summed E-state index contributed by atoms with van der Waals surface area (Å²) in [6, 6.07) is 2.08. The van der Waals surface area contributed by atoms with Crippen molar-refractivity contribution in [3.63, 3.8) is 0 Å². The summed E-state index contributed by atoms with van der Waals surface area (Å²) in [4.78, 5) is 10.5. The normalized spacial score (nSPS) is 14.4. The van der Waals surface area contributed by atoms with Gasteiger partial charge in [-0.25, -0.2) is 8.78 Å². The Balaban J connectivity index is 3.00. The van der Waals surface area contributed by atoms with Gasteiger partial charge in [0.2, 0.25) is 5.91 Å². The number of benzene rings is 1. The topological polar surface area (TPSA) is 110 Å². The van der Waals surface area contributed by atoms with Crippen LogP contribution in [-0.4, -0.2) is 22.2 Å². The van der Waals surface area contributed by atoms with Gasteiger partial charge >= 0.3 is 0 Å². The molecule has 1 aromatic carbocycles. The van der Waals surface area contributed by atoms with E-state index in [0.29, 0.717) is 0 Å². The van der Waals surface area contributed by atoms with Crippen LogP contribution in [0.4, 0.5) is 14.5 Å². The average Bonchev–Trinajstić information content (AvgIpc) is 2.24. The third-order valence-corrected chi connectivity index (χ3v) is 2.24. The molecule has 0 radical (unpaired) electrons. The third-order valence-electron chi connectivity index (χ3n) is 2.24. The Labute approximate surface area is 95.7 Å². The van der Waals surface area contributed by atoms with Crippen molar-refractivity contribution in [3.8, 4) is 0 Å². The van der Waals surface area contributed by atoms with Crippen molar-refractivity contribution in [1.29, 1.82) is 0 Å². The van der Waals surface area contributed by atoms with E-state index >= 15 is 0 Å². The van der Waals surface area contributed by atoms with Gasteiger partial charge < -0.3 is 21.7 Å². The zero-order valence-electron chi connectivity index (χ0n) is 8.73. The van der Waals surface area contributed by atoms with Crippen molar-refractivity contribution in [2.45, 2.75) is 18.6 Å². The van der Waals surface area contributed by atoms with Gasteiger partial charge in [-0.05, 0) is 6.07 Å². The lowest BCUT2D eigenvalue weighted by Crippen LogP contribution is -2.26. The number of halogens is 2. The number of carbonyl (C=O) groups excluding carboxylic acids is 1. The summed E-state index contributed by atoms with van der Waals surface area (Å²) in [5, 5.41) is 18.9. The molecule has 2 unspecified atom stereocenters. The largest absolute Gasteiger partial charge is 0.396 e. The van der Waals surface area contributed by atoms with E-state index in [2.05, 4.69) is 0 Å². The fourth-order valence-corrected chi connectivity index (χ4v) is 1.33. The maximum atomic E-state index is 13.4. The van der Waals surface area contributed by atoms with Crippen LogP contribution in [0.3, 0.4) is 0 Å². The molecule has 0 fully saturated rings. The standard InChI is InChI=1S/C10H12F2N2O3/c11-8-4(1-2-5(13)9(8)12)10(17)6(15)3-7(14)16/h1-2,6,10,15,17H,3,13H2,(H2,14,16). The second-order valence-corrected chi connectivity index (χ2v) is 3.55. The van der Waals surface area contributed by atoms with Crippen LogP contribution in [-0.2, 0) is 4.79 Å². The van der Waals surface area contributed by atoms with E-state index in [1.54, 1.807) is 0 Å². The smallest absolute Gasteiger partial charge is 0.220 e. The van der Waals surface area contributed by atoms with Gasteiger partial charge in [0.1, 0.15) is 6.10 Å². The van der Waals surface area contributed by atoms with Gasteiger partial charge in [0.15, 0.2) is 11.6 Å². The fourth-order valence-electron chi connectivity index (χ4n) is 1.33. The first-order chi connectivity index (χ1) is 7.84. The molecule has 0 bridgehead atoms. The molecule has 0 aromatic heterocycles. The summed E-state index contributed by atoms with van der Waals surface area (Å²) in [5.74, 6) is -3.54. The maximum Gasteiger partial charge on any atom is 0.220 e. The number of primary amides is 1. The molecule has 0 aliphatic rings. The van der Waals surface area contributed by atoms with Gasteiger partial charge in [0, 0.05) is 5.56 Å². The average molecular weight is 246 g/mol. The Kier molecular flexibility index (Phi) is 3.97. The van der Waals surface area contributed by atoms with E-state index in [1.165, 1.54) is 0 Å². The number of carbonyl (C=O) groups is 1. The van der Waals surface area contributed by atoms with Crippen LogP contribution in [0.1, 0.15) is 18.1 Å². The van der Waals surface area contributed by atoms with E-state index in [9.17, 15) is 23.8 Å². The minimum Gasteiger partial charge on any atom is -0.396 e. The lowest BCUT2D eigenvalue weighted by atomic mass is 10.0. The highest BCUT2D eigenvalue weighted by Crippen LogP contribution is 2.26. The van der Waals surface area contributed by atoms with Gasteiger partial charge in [-0.2, -0.15) is 0 Å².